The standard InChI is InChI=1S/C14H15NO3/c1-18-11-5-2-9(3-6-11)8-10-4-7-12(16)13(15)14(10)17/h2-7,10,13H,8,15H2,1H3. The Morgan fingerprint density at radius 1 is 1.22 bits per heavy atom. The van der Waals surface area contributed by atoms with Gasteiger partial charge in [0.05, 0.1) is 7.11 Å². The van der Waals surface area contributed by atoms with E-state index in [1.54, 1.807) is 13.2 Å². The number of allylic oxidation sites excluding steroid dienone is 1. The van der Waals surface area contributed by atoms with Crippen LogP contribution in [0.25, 0.3) is 0 Å². The molecule has 1 aromatic rings. The third kappa shape index (κ3) is 2.49. The normalized spacial score (nSPS) is 23.2. The van der Waals surface area contributed by atoms with Crippen molar-refractivity contribution >= 4 is 11.6 Å². The van der Waals surface area contributed by atoms with Gasteiger partial charge in [-0.2, -0.15) is 0 Å². The Bertz CT molecular complexity index is 490. The van der Waals surface area contributed by atoms with E-state index >= 15 is 0 Å². The summed E-state index contributed by atoms with van der Waals surface area (Å²) in [6.45, 7) is 0. The van der Waals surface area contributed by atoms with E-state index in [4.69, 9.17) is 10.5 Å². The first-order chi connectivity index (χ1) is 8.61. The molecule has 2 N–H and O–H groups in total. The number of ketones is 2. The molecule has 0 spiro atoms. The Morgan fingerprint density at radius 3 is 2.50 bits per heavy atom. The molecule has 0 radical (unpaired) electrons. The molecular weight excluding hydrogens is 230 g/mol. The molecule has 0 fully saturated rings. The van der Waals surface area contributed by atoms with Crippen molar-refractivity contribution in [2.45, 2.75) is 12.5 Å². The van der Waals surface area contributed by atoms with Crippen molar-refractivity contribution in [3.05, 3.63) is 42.0 Å². The van der Waals surface area contributed by atoms with E-state index in [1.165, 1.54) is 6.08 Å². The summed E-state index contributed by atoms with van der Waals surface area (Å²) < 4.78 is 5.07. The number of Topliss-reactive ketones (excluding diaryl/α,β-unsaturated/α-hetero) is 1. The van der Waals surface area contributed by atoms with Crippen LogP contribution in [0.1, 0.15) is 5.56 Å². The molecule has 4 nitrogen and oxygen atoms in total. The van der Waals surface area contributed by atoms with E-state index < -0.39 is 6.04 Å². The van der Waals surface area contributed by atoms with Gasteiger partial charge in [0.2, 0.25) is 0 Å². The largest absolute Gasteiger partial charge is 0.497 e. The smallest absolute Gasteiger partial charge is 0.179 e. The maximum Gasteiger partial charge on any atom is 0.179 e. The minimum Gasteiger partial charge on any atom is -0.497 e. The lowest BCUT2D eigenvalue weighted by atomic mass is 9.85. The molecule has 4 heteroatoms. The molecule has 18 heavy (non-hydrogen) atoms. The van der Waals surface area contributed by atoms with E-state index in [1.807, 2.05) is 24.3 Å². The highest BCUT2D eigenvalue weighted by Gasteiger charge is 2.30. The number of benzene rings is 1. The van der Waals surface area contributed by atoms with Crippen molar-refractivity contribution in [2.75, 3.05) is 7.11 Å². The second-order valence-corrected chi connectivity index (χ2v) is 4.30. The predicted octanol–water partition coefficient (Wildman–Crippen LogP) is 0.889. The molecule has 2 atom stereocenters. The second-order valence-electron chi connectivity index (χ2n) is 4.30. The summed E-state index contributed by atoms with van der Waals surface area (Å²) in [4.78, 5) is 23.1. The number of carbonyl (C=O) groups is 2. The van der Waals surface area contributed by atoms with Gasteiger partial charge in [-0.05, 0) is 30.2 Å². The fraction of sp³-hybridized carbons (Fsp3) is 0.286. The number of hydrogen-bond donors (Lipinski definition) is 1. The summed E-state index contributed by atoms with van der Waals surface area (Å²) >= 11 is 0. The van der Waals surface area contributed by atoms with Gasteiger partial charge in [0.15, 0.2) is 11.6 Å². The Hall–Kier alpha value is -1.94. The van der Waals surface area contributed by atoms with Crippen LogP contribution in [0.3, 0.4) is 0 Å². The number of methoxy groups -OCH3 is 1. The highest BCUT2D eigenvalue weighted by Crippen LogP contribution is 2.19. The molecule has 94 valence electrons. The summed E-state index contributed by atoms with van der Waals surface area (Å²) in [5, 5.41) is 0. The van der Waals surface area contributed by atoms with Crippen molar-refractivity contribution in [1.29, 1.82) is 0 Å². The van der Waals surface area contributed by atoms with Gasteiger partial charge in [0.25, 0.3) is 0 Å². The zero-order valence-corrected chi connectivity index (χ0v) is 10.1. The van der Waals surface area contributed by atoms with E-state index in [9.17, 15) is 9.59 Å². The maximum atomic E-state index is 11.8. The molecule has 1 aliphatic rings. The Morgan fingerprint density at radius 2 is 1.89 bits per heavy atom. The van der Waals surface area contributed by atoms with Crippen LogP contribution < -0.4 is 10.5 Å². The van der Waals surface area contributed by atoms with Crippen LogP contribution in [0.2, 0.25) is 0 Å². The third-order valence-electron chi connectivity index (χ3n) is 3.09. The fourth-order valence-electron chi connectivity index (χ4n) is 1.96. The lowest BCUT2D eigenvalue weighted by Crippen LogP contribution is -2.44. The zero-order valence-electron chi connectivity index (χ0n) is 10.1. The van der Waals surface area contributed by atoms with Crippen LogP contribution in [0.5, 0.6) is 5.75 Å². The lowest BCUT2D eigenvalue weighted by molar-refractivity contribution is -0.129. The topological polar surface area (TPSA) is 69.4 Å². The van der Waals surface area contributed by atoms with Crippen LogP contribution in [0.4, 0.5) is 0 Å². The van der Waals surface area contributed by atoms with Crippen molar-refractivity contribution in [1.82, 2.24) is 0 Å². The molecule has 1 aliphatic carbocycles. The fourth-order valence-corrected chi connectivity index (χ4v) is 1.96. The molecule has 0 aliphatic heterocycles. The molecule has 1 aromatic carbocycles. The number of ether oxygens (including phenoxy) is 1. The van der Waals surface area contributed by atoms with Crippen LogP contribution in [-0.2, 0) is 16.0 Å². The first kappa shape index (κ1) is 12.5. The van der Waals surface area contributed by atoms with Crippen molar-refractivity contribution < 1.29 is 14.3 Å². The minimum atomic E-state index is -1.00. The third-order valence-corrected chi connectivity index (χ3v) is 3.09. The molecule has 2 unspecified atom stereocenters. The minimum absolute atomic E-state index is 0.210. The molecule has 0 aromatic heterocycles. The summed E-state index contributed by atoms with van der Waals surface area (Å²) in [5.41, 5.74) is 6.56. The molecule has 0 saturated carbocycles. The van der Waals surface area contributed by atoms with Gasteiger partial charge in [-0.15, -0.1) is 0 Å². The molecular formula is C14H15NO3. The van der Waals surface area contributed by atoms with Crippen LogP contribution in [-0.4, -0.2) is 24.7 Å². The van der Waals surface area contributed by atoms with E-state index in [0.717, 1.165) is 11.3 Å². The molecule has 0 bridgehead atoms. The average Bonchev–Trinajstić information content (AvgIpc) is 2.40. The summed E-state index contributed by atoms with van der Waals surface area (Å²) in [7, 11) is 1.60. The van der Waals surface area contributed by atoms with Gasteiger partial charge in [-0.3, -0.25) is 9.59 Å². The van der Waals surface area contributed by atoms with E-state index in [-0.39, 0.29) is 17.5 Å². The lowest BCUT2D eigenvalue weighted by Gasteiger charge is -2.19. The molecule has 0 amide bonds. The zero-order chi connectivity index (χ0) is 13.1. The Balaban J connectivity index is 2.11. The van der Waals surface area contributed by atoms with Crippen LogP contribution in [0, 0.1) is 5.92 Å². The van der Waals surface area contributed by atoms with Crippen LogP contribution >= 0.6 is 0 Å². The monoisotopic (exact) mass is 245 g/mol. The summed E-state index contributed by atoms with van der Waals surface area (Å²) in [6, 6.07) is 6.50. The van der Waals surface area contributed by atoms with Gasteiger partial charge >= 0.3 is 0 Å². The highest BCUT2D eigenvalue weighted by molar-refractivity contribution is 6.14. The van der Waals surface area contributed by atoms with Crippen molar-refractivity contribution in [2.24, 2.45) is 11.7 Å². The van der Waals surface area contributed by atoms with E-state index in [2.05, 4.69) is 0 Å². The number of carbonyl (C=O) groups excluding carboxylic acids is 2. The molecule has 0 heterocycles. The predicted molar refractivity (Wildman–Crippen MR) is 67.3 cm³/mol. The van der Waals surface area contributed by atoms with Gasteiger partial charge in [-0.25, -0.2) is 0 Å². The Kier molecular flexibility index (Phi) is 3.58. The molecule has 0 saturated heterocycles. The van der Waals surface area contributed by atoms with E-state index in [0.29, 0.717) is 6.42 Å². The van der Waals surface area contributed by atoms with Crippen molar-refractivity contribution in [3.63, 3.8) is 0 Å². The maximum absolute atomic E-state index is 11.8. The van der Waals surface area contributed by atoms with Crippen molar-refractivity contribution in [3.8, 4) is 5.75 Å². The quantitative estimate of drug-likeness (QED) is 0.803. The number of rotatable bonds is 3. The number of hydrogen-bond acceptors (Lipinski definition) is 4. The summed E-state index contributed by atoms with van der Waals surface area (Å²) in [5.74, 6) is -0.0634. The van der Waals surface area contributed by atoms with Gasteiger partial charge in [-0.1, -0.05) is 18.2 Å². The van der Waals surface area contributed by atoms with Crippen LogP contribution in [0.15, 0.2) is 36.4 Å². The van der Waals surface area contributed by atoms with Gasteiger partial charge in [0.1, 0.15) is 11.8 Å². The summed E-state index contributed by atoms with van der Waals surface area (Å²) in [6.07, 6.45) is 3.60. The Labute approximate surface area is 105 Å². The van der Waals surface area contributed by atoms with Gasteiger partial charge in [0, 0.05) is 5.92 Å². The molecule has 2 rings (SSSR count). The van der Waals surface area contributed by atoms with Gasteiger partial charge < -0.3 is 10.5 Å². The average molecular weight is 245 g/mol. The first-order valence-electron chi connectivity index (χ1n) is 5.76. The number of nitrogens with two attached hydrogens (primary N) is 1. The highest BCUT2D eigenvalue weighted by atomic mass is 16.5. The SMILES string of the molecule is COc1ccc(CC2C=CC(=O)C(N)C2=O)cc1. The second kappa shape index (κ2) is 5.14. The first-order valence-corrected chi connectivity index (χ1v) is 5.76.